The quantitative estimate of drug-likeness (QED) is 0.873. The van der Waals surface area contributed by atoms with E-state index in [-0.39, 0.29) is 11.8 Å². The summed E-state index contributed by atoms with van der Waals surface area (Å²) in [5.74, 6) is 1.44. The molecule has 0 unspecified atom stereocenters. The molecule has 1 saturated carbocycles. The molecule has 4 nitrogen and oxygen atoms in total. The van der Waals surface area contributed by atoms with E-state index >= 15 is 0 Å². The number of carbonyl (C=O) groups is 1. The van der Waals surface area contributed by atoms with Gasteiger partial charge < -0.3 is 9.80 Å². The minimum atomic E-state index is 0.244. The van der Waals surface area contributed by atoms with Gasteiger partial charge in [-0.1, -0.05) is 30.3 Å². The molecule has 2 aromatic rings. The Morgan fingerprint density at radius 2 is 1.91 bits per heavy atom. The van der Waals surface area contributed by atoms with Crippen LogP contribution in [0.1, 0.15) is 18.4 Å². The van der Waals surface area contributed by atoms with E-state index in [1.807, 2.05) is 29.3 Å². The van der Waals surface area contributed by atoms with Crippen LogP contribution in [0.5, 0.6) is 0 Å². The van der Waals surface area contributed by atoms with Crippen LogP contribution in [0.25, 0.3) is 0 Å². The predicted octanol–water partition coefficient (Wildman–Crippen LogP) is 2.84. The lowest BCUT2D eigenvalue weighted by Crippen LogP contribution is -2.44. The molecule has 1 aromatic carbocycles. The van der Waals surface area contributed by atoms with Crippen molar-refractivity contribution in [2.75, 3.05) is 22.9 Å². The second-order valence-corrected chi connectivity index (χ2v) is 6.02. The van der Waals surface area contributed by atoms with Gasteiger partial charge in [0.15, 0.2) is 5.82 Å². The number of amides is 1. The van der Waals surface area contributed by atoms with Crippen molar-refractivity contribution in [1.29, 1.82) is 0 Å². The number of rotatable bonds is 3. The lowest BCUT2D eigenvalue weighted by Gasteiger charge is -2.36. The summed E-state index contributed by atoms with van der Waals surface area (Å²) in [5, 5.41) is 0. The van der Waals surface area contributed by atoms with Crippen LogP contribution in [0.4, 0.5) is 11.5 Å². The summed E-state index contributed by atoms with van der Waals surface area (Å²) in [4.78, 5) is 21.2. The third-order valence-electron chi connectivity index (χ3n) is 4.36. The third-order valence-corrected chi connectivity index (χ3v) is 4.36. The van der Waals surface area contributed by atoms with E-state index < -0.39 is 0 Å². The highest BCUT2D eigenvalue weighted by Crippen LogP contribution is 2.37. The summed E-state index contributed by atoms with van der Waals surface area (Å²) in [6.07, 6.45) is 3.89. The maximum absolute atomic E-state index is 12.5. The van der Waals surface area contributed by atoms with Crippen molar-refractivity contribution in [3.8, 4) is 0 Å². The van der Waals surface area contributed by atoms with Crippen LogP contribution in [0.15, 0.2) is 48.7 Å². The zero-order chi connectivity index (χ0) is 14.9. The van der Waals surface area contributed by atoms with Gasteiger partial charge in [-0.05, 0) is 30.5 Å². The standard InChI is InChI=1S/C18H19N3O/c22-18(15-8-9-15)21-12-11-20(13-14-5-2-1-3-6-14)17-16(21)7-4-10-19-17/h1-7,10,15H,8-9,11-13H2. The Bertz CT molecular complexity index is 682. The Kier molecular flexibility index (Phi) is 3.29. The topological polar surface area (TPSA) is 36.4 Å². The summed E-state index contributed by atoms with van der Waals surface area (Å²) >= 11 is 0. The van der Waals surface area contributed by atoms with Crippen LogP contribution in [0.3, 0.4) is 0 Å². The Hall–Kier alpha value is -2.36. The molecule has 0 N–H and O–H groups in total. The summed E-state index contributed by atoms with van der Waals surface area (Å²) < 4.78 is 0. The maximum Gasteiger partial charge on any atom is 0.230 e. The summed E-state index contributed by atoms with van der Waals surface area (Å²) in [6.45, 7) is 2.41. The highest BCUT2D eigenvalue weighted by Gasteiger charge is 2.37. The van der Waals surface area contributed by atoms with Crippen molar-refractivity contribution in [2.45, 2.75) is 19.4 Å². The molecule has 0 bridgehead atoms. The number of anilines is 2. The van der Waals surface area contributed by atoms with Gasteiger partial charge >= 0.3 is 0 Å². The van der Waals surface area contributed by atoms with Gasteiger partial charge in [-0.15, -0.1) is 0 Å². The Morgan fingerprint density at radius 3 is 2.68 bits per heavy atom. The summed E-state index contributed by atoms with van der Waals surface area (Å²) in [7, 11) is 0. The van der Waals surface area contributed by atoms with Gasteiger partial charge in [-0.2, -0.15) is 0 Å². The fourth-order valence-electron chi connectivity index (χ4n) is 3.03. The third kappa shape index (κ3) is 2.45. The first-order chi connectivity index (χ1) is 10.8. The van der Waals surface area contributed by atoms with E-state index in [2.05, 4.69) is 34.1 Å². The van der Waals surface area contributed by atoms with Crippen LogP contribution in [0, 0.1) is 5.92 Å². The Labute approximate surface area is 130 Å². The number of fused-ring (bicyclic) bond motifs is 1. The van der Waals surface area contributed by atoms with Crippen molar-refractivity contribution in [2.24, 2.45) is 5.92 Å². The maximum atomic E-state index is 12.5. The molecule has 4 heteroatoms. The van der Waals surface area contributed by atoms with Crippen LogP contribution in [0.2, 0.25) is 0 Å². The molecule has 22 heavy (non-hydrogen) atoms. The fraction of sp³-hybridized carbons (Fsp3) is 0.333. The smallest absolute Gasteiger partial charge is 0.230 e. The molecule has 0 atom stereocenters. The Balaban J connectivity index is 1.62. The van der Waals surface area contributed by atoms with Gasteiger partial charge in [0.05, 0.1) is 5.69 Å². The van der Waals surface area contributed by atoms with Gasteiger partial charge in [0.25, 0.3) is 0 Å². The van der Waals surface area contributed by atoms with Crippen molar-refractivity contribution in [3.63, 3.8) is 0 Å². The molecule has 1 aromatic heterocycles. The van der Waals surface area contributed by atoms with Crippen molar-refractivity contribution in [1.82, 2.24) is 4.98 Å². The van der Waals surface area contributed by atoms with Gasteiger partial charge in [0.2, 0.25) is 5.91 Å². The van der Waals surface area contributed by atoms with E-state index in [0.29, 0.717) is 0 Å². The first-order valence-electron chi connectivity index (χ1n) is 7.88. The first-order valence-corrected chi connectivity index (χ1v) is 7.88. The highest BCUT2D eigenvalue weighted by atomic mass is 16.2. The van der Waals surface area contributed by atoms with Gasteiger partial charge in [-0.25, -0.2) is 4.98 Å². The Morgan fingerprint density at radius 1 is 1.09 bits per heavy atom. The van der Waals surface area contributed by atoms with Crippen LogP contribution < -0.4 is 9.80 Å². The van der Waals surface area contributed by atoms with Gasteiger partial charge in [-0.3, -0.25) is 4.79 Å². The SMILES string of the molecule is O=C(C1CC1)N1CCN(Cc2ccccc2)c2ncccc21. The molecule has 0 radical (unpaired) electrons. The molecule has 4 rings (SSSR count). The number of aromatic nitrogens is 1. The van der Waals surface area contributed by atoms with Gasteiger partial charge in [0.1, 0.15) is 0 Å². The zero-order valence-electron chi connectivity index (χ0n) is 12.5. The predicted molar refractivity (Wildman–Crippen MR) is 86.8 cm³/mol. The average Bonchev–Trinajstić information content (AvgIpc) is 3.40. The number of carbonyl (C=O) groups excluding carboxylic acids is 1. The molecule has 0 spiro atoms. The second-order valence-electron chi connectivity index (χ2n) is 6.02. The van der Waals surface area contributed by atoms with E-state index in [1.54, 1.807) is 0 Å². The zero-order valence-corrected chi connectivity index (χ0v) is 12.5. The molecule has 1 amide bonds. The molecule has 112 valence electrons. The van der Waals surface area contributed by atoms with Crippen LogP contribution in [-0.2, 0) is 11.3 Å². The second kappa shape index (κ2) is 5.44. The molecule has 2 aliphatic rings. The summed E-state index contributed by atoms with van der Waals surface area (Å²) in [5.41, 5.74) is 2.22. The molecule has 2 heterocycles. The van der Waals surface area contributed by atoms with Gasteiger partial charge in [0, 0.05) is 31.7 Å². The molecular weight excluding hydrogens is 274 g/mol. The molecule has 1 fully saturated rings. The van der Waals surface area contributed by atoms with Crippen molar-refractivity contribution in [3.05, 3.63) is 54.2 Å². The van der Waals surface area contributed by atoms with E-state index in [4.69, 9.17) is 0 Å². The minimum absolute atomic E-state index is 0.244. The van der Waals surface area contributed by atoms with Crippen molar-refractivity contribution >= 4 is 17.4 Å². The highest BCUT2D eigenvalue weighted by molar-refractivity contribution is 5.99. The normalized spacial score (nSPS) is 17.3. The minimum Gasteiger partial charge on any atom is -0.349 e. The number of pyridine rings is 1. The number of nitrogens with zero attached hydrogens (tertiary/aromatic N) is 3. The van der Waals surface area contributed by atoms with Crippen LogP contribution in [-0.4, -0.2) is 24.0 Å². The molecule has 1 aliphatic heterocycles. The lowest BCUT2D eigenvalue weighted by atomic mass is 10.1. The molecular formula is C18H19N3O. The first kappa shape index (κ1) is 13.3. The van der Waals surface area contributed by atoms with E-state index in [9.17, 15) is 4.79 Å². The van der Waals surface area contributed by atoms with E-state index in [1.165, 1.54) is 5.56 Å². The lowest BCUT2D eigenvalue weighted by molar-refractivity contribution is -0.119. The molecule has 0 saturated heterocycles. The summed E-state index contributed by atoms with van der Waals surface area (Å²) in [6, 6.07) is 14.3. The van der Waals surface area contributed by atoms with E-state index in [0.717, 1.165) is 44.0 Å². The van der Waals surface area contributed by atoms with Crippen molar-refractivity contribution < 1.29 is 4.79 Å². The largest absolute Gasteiger partial charge is 0.349 e. The molecule has 1 aliphatic carbocycles. The fourth-order valence-corrected chi connectivity index (χ4v) is 3.03. The average molecular weight is 293 g/mol. The number of hydrogen-bond donors (Lipinski definition) is 0. The van der Waals surface area contributed by atoms with Crippen LogP contribution >= 0.6 is 0 Å². The number of benzene rings is 1. The monoisotopic (exact) mass is 293 g/mol. The number of hydrogen-bond acceptors (Lipinski definition) is 3.